The zero-order chi connectivity index (χ0) is 16.2. The molecule has 5 nitrogen and oxygen atoms in total. The topological polar surface area (TPSA) is 51.7 Å². The smallest absolute Gasteiger partial charge is 0.254 e. The van der Waals surface area contributed by atoms with Crippen LogP contribution in [-0.4, -0.2) is 48.2 Å². The summed E-state index contributed by atoms with van der Waals surface area (Å²) in [6.45, 7) is 3.61. The number of nitrogens with zero attached hydrogens (tertiary/aromatic N) is 2. The Morgan fingerprint density at radius 2 is 2.09 bits per heavy atom. The van der Waals surface area contributed by atoms with Crippen LogP contribution in [0.5, 0.6) is 5.88 Å². The van der Waals surface area contributed by atoms with E-state index < -0.39 is 0 Å². The van der Waals surface area contributed by atoms with Gasteiger partial charge in [0.15, 0.2) is 0 Å². The SMILES string of the molecule is CC1CCC(N(C)C(=O)c2ccnc(O[C@H]3CCOC3)c2)CC1. The Balaban J connectivity index is 1.64. The molecule has 1 aromatic rings. The molecule has 5 heteroatoms. The van der Waals surface area contributed by atoms with Gasteiger partial charge in [-0.25, -0.2) is 4.98 Å². The van der Waals surface area contributed by atoms with Gasteiger partial charge in [-0.05, 0) is 37.7 Å². The molecular formula is C18H26N2O3. The molecule has 1 aliphatic carbocycles. The summed E-state index contributed by atoms with van der Waals surface area (Å²) in [6.07, 6.45) is 7.16. The fourth-order valence-corrected chi connectivity index (χ4v) is 3.38. The lowest BCUT2D eigenvalue weighted by molar-refractivity contribution is 0.0678. The molecule has 1 atom stereocenters. The van der Waals surface area contributed by atoms with E-state index in [0.717, 1.165) is 31.8 Å². The highest BCUT2D eigenvalue weighted by atomic mass is 16.5. The zero-order valence-electron chi connectivity index (χ0n) is 14.0. The monoisotopic (exact) mass is 318 g/mol. The van der Waals surface area contributed by atoms with E-state index in [2.05, 4.69) is 11.9 Å². The predicted octanol–water partition coefficient (Wildman–Crippen LogP) is 2.90. The highest BCUT2D eigenvalue weighted by Gasteiger charge is 2.26. The number of amides is 1. The maximum atomic E-state index is 12.7. The second kappa shape index (κ2) is 7.30. The molecule has 2 fully saturated rings. The first-order valence-electron chi connectivity index (χ1n) is 8.61. The summed E-state index contributed by atoms with van der Waals surface area (Å²) in [5, 5.41) is 0. The van der Waals surface area contributed by atoms with Crippen molar-refractivity contribution in [2.45, 2.75) is 51.2 Å². The van der Waals surface area contributed by atoms with Crippen LogP contribution < -0.4 is 4.74 Å². The largest absolute Gasteiger partial charge is 0.472 e. The van der Waals surface area contributed by atoms with Crippen LogP contribution in [0.25, 0.3) is 0 Å². The van der Waals surface area contributed by atoms with E-state index in [4.69, 9.17) is 9.47 Å². The number of ether oxygens (including phenoxy) is 2. The van der Waals surface area contributed by atoms with Crippen molar-refractivity contribution in [3.63, 3.8) is 0 Å². The first-order valence-corrected chi connectivity index (χ1v) is 8.61. The highest BCUT2D eigenvalue weighted by molar-refractivity contribution is 5.94. The van der Waals surface area contributed by atoms with Gasteiger partial charge in [-0.2, -0.15) is 0 Å². The van der Waals surface area contributed by atoms with Gasteiger partial charge in [0.05, 0.1) is 13.2 Å². The molecular weight excluding hydrogens is 292 g/mol. The lowest BCUT2D eigenvalue weighted by Gasteiger charge is -2.33. The third-order valence-electron chi connectivity index (χ3n) is 5.01. The number of carbonyl (C=O) groups excluding carboxylic acids is 1. The Morgan fingerprint density at radius 1 is 1.30 bits per heavy atom. The maximum absolute atomic E-state index is 12.7. The lowest BCUT2D eigenvalue weighted by atomic mass is 9.86. The van der Waals surface area contributed by atoms with Crippen molar-refractivity contribution >= 4 is 5.91 Å². The zero-order valence-corrected chi connectivity index (χ0v) is 14.0. The van der Waals surface area contributed by atoms with Crippen molar-refractivity contribution in [1.82, 2.24) is 9.88 Å². The molecule has 0 N–H and O–H groups in total. The van der Waals surface area contributed by atoms with E-state index in [0.29, 0.717) is 24.1 Å². The molecule has 0 spiro atoms. The summed E-state index contributed by atoms with van der Waals surface area (Å²) in [6, 6.07) is 3.87. The van der Waals surface area contributed by atoms with Gasteiger partial charge in [-0.3, -0.25) is 4.79 Å². The van der Waals surface area contributed by atoms with E-state index in [1.807, 2.05) is 11.9 Å². The van der Waals surface area contributed by atoms with Crippen LogP contribution in [0.3, 0.4) is 0 Å². The Kier molecular flexibility index (Phi) is 5.16. The standard InChI is InChI=1S/C18H26N2O3/c1-13-3-5-15(6-4-13)20(2)18(21)14-7-9-19-17(11-14)23-16-8-10-22-12-16/h7,9,11,13,15-16H,3-6,8,10,12H2,1-2H3/t13?,15?,16-/m0/s1. The van der Waals surface area contributed by atoms with Crippen LogP contribution in [0, 0.1) is 5.92 Å². The molecule has 1 saturated heterocycles. The minimum Gasteiger partial charge on any atom is -0.472 e. The fourth-order valence-electron chi connectivity index (χ4n) is 3.38. The lowest BCUT2D eigenvalue weighted by Crippen LogP contribution is -2.39. The van der Waals surface area contributed by atoms with Gasteiger partial charge in [0.1, 0.15) is 6.10 Å². The Bertz CT molecular complexity index is 535. The average Bonchev–Trinajstić information content (AvgIpc) is 3.07. The van der Waals surface area contributed by atoms with Gasteiger partial charge in [-0.1, -0.05) is 6.92 Å². The van der Waals surface area contributed by atoms with E-state index in [1.165, 1.54) is 12.8 Å². The Hall–Kier alpha value is -1.62. The van der Waals surface area contributed by atoms with E-state index in [9.17, 15) is 4.79 Å². The van der Waals surface area contributed by atoms with Crippen LogP contribution in [0.1, 0.15) is 49.4 Å². The molecule has 2 aliphatic rings. The molecule has 0 unspecified atom stereocenters. The van der Waals surface area contributed by atoms with Gasteiger partial charge in [-0.15, -0.1) is 0 Å². The molecule has 126 valence electrons. The first-order chi connectivity index (χ1) is 11.1. The van der Waals surface area contributed by atoms with Gasteiger partial charge >= 0.3 is 0 Å². The van der Waals surface area contributed by atoms with E-state index in [-0.39, 0.29) is 12.0 Å². The first kappa shape index (κ1) is 16.2. The van der Waals surface area contributed by atoms with Crippen molar-refractivity contribution in [2.75, 3.05) is 20.3 Å². The minimum atomic E-state index is 0.0467. The Morgan fingerprint density at radius 3 is 2.78 bits per heavy atom. The third-order valence-corrected chi connectivity index (χ3v) is 5.01. The molecule has 1 aliphatic heterocycles. The number of rotatable bonds is 4. The number of hydrogen-bond acceptors (Lipinski definition) is 4. The van der Waals surface area contributed by atoms with Gasteiger partial charge < -0.3 is 14.4 Å². The van der Waals surface area contributed by atoms with Gasteiger partial charge in [0.25, 0.3) is 5.91 Å². The number of carbonyl (C=O) groups is 1. The van der Waals surface area contributed by atoms with Crippen molar-refractivity contribution in [2.24, 2.45) is 5.92 Å². The molecule has 0 bridgehead atoms. The van der Waals surface area contributed by atoms with Crippen LogP contribution in [0.15, 0.2) is 18.3 Å². The van der Waals surface area contributed by atoms with Crippen molar-refractivity contribution in [1.29, 1.82) is 0 Å². The minimum absolute atomic E-state index is 0.0467. The molecule has 3 rings (SSSR count). The highest BCUT2D eigenvalue weighted by Crippen LogP contribution is 2.27. The summed E-state index contributed by atoms with van der Waals surface area (Å²) < 4.78 is 11.1. The molecule has 1 saturated carbocycles. The number of hydrogen-bond donors (Lipinski definition) is 0. The van der Waals surface area contributed by atoms with Gasteiger partial charge in [0, 0.05) is 37.3 Å². The summed E-state index contributed by atoms with van der Waals surface area (Å²) in [5.41, 5.74) is 0.648. The van der Waals surface area contributed by atoms with Crippen LogP contribution in [-0.2, 0) is 4.74 Å². The molecule has 0 aromatic carbocycles. The fraction of sp³-hybridized carbons (Fsp3) is 0.667. The maximum Gasteiger partial charge on any atom is 0.254 e. The second-order valence-corrected chi connectivity index (χ2v) is 6.82. The molecule has 2 heterocycles. The normalized spacial score (nSPS) is 27.7. The quantitative estimate of drug-likeness (QED) is 0.856. The van der Waals surface area contributed by atoms with Crippen molar-refractivity contribution in [3.8, 4) is 5.88 Å². The predicted molar refractivity (Wildman–Crippen MR) is 87.6 cm³/mol. The molecule has 1 aromatic heterocycles. The average molecular weight is 318 g/mol. The van der Waals surface area contributed by atoms with Crippen LogP contribution in [0.2, 0.25) is 0 Å². The van der Waals surface area contributed by atoms with Crippen molar-refractivity contribution in [3.05, 3.63) is 23.9 Å². The van der Waals surface area contributed by atoms with Crippen molar-refractivity contribution < 1.29 is 14.3 Å². The van der Waals surface area contributed by atoms with Gasteiger partial charge in [0.2, 0.25) is 5.88 Å². The summed E-state index contributed by atoms with van der Waals surface area (Å²) in [5.74, 6) is 1.35. The molecule has 0 radical (unpaired) electrons. The summed E-state index contributed by atoms with van der Waals surface area (Å²) in [4.78, 5) is 18.8. The number of pyridine rings is 1. The summed E-state index contributed by atoms with van der Waals surface area (Å²) >= 11 is 0. The molecule has 23 heavy (non-hydrogen) atoms. The van der Waals surface area contributed by atoms with E-state index in [1.54, 1.807) is 18.3 Å². The second-order valence-electron chi connectivity index (χ2n) is 6.82. The van der Waals surface area contributed by atoms with Crippen LogP contribution in [0.4, 0.5) is 0 Å². The molecule has 1 amide bonds. The number of aromatic nitrogens is 1. The van der Waals surface area contributed by atoms with E-state index >= 15 is 0 Å². The summed E-state index contributed by atoms with van der Waals surface area (Å²) in [7, 11) is 1.91. The third kappa shape index (κ3) is 4.02. The van der Waals surface area contributed by atoms with Crippen LogP contribution >= 0.6 is 0 Å². The Labute approximate surface area is 138 Å².